The minimum Gasteiger partial charge on any atom is -0.437 e. The second kappa shape index (κ2) is 10.6. The lowest BCUT2D eigenvalue weighted by atomic mass is 10.2. The smallest absolute Gasteiger partial charge is 0.247 e. The zero-order valence-corrected chi connectivity index (χ0v) is 20.1. The molecule has 1 aromatic heterocycles. The number of carbonyl (C=O) groups excluding carboxylic acids is 1. The largest absolute Gasteiger partial charge is 0.437 e. The molecule has 0 bridgehead atoms. The zero-order valence-electron chi connectivity index (χ0n) is 19.4. The van der Waals surface area contributed by atoms with E-state index >= 15 is 0 Å². The van der Waals surface area contributed by atoms with Crippen LogP contribution in [-0.2, 0) is 4.79 Å². The van der Waals surface area contributed by atoms with Gasteiger partial charge < -0.3 is 24.8 Å². The molecule has 1 aliphatic heterocycles. The highest BCUT2D eigenvalue weighted by molar-refractivity contribution is 6.31. The number of likely N-dealkylation sites (N-methyl/N-ethyl adjacent to an activating group) is 1. The maximum absolute atomic E-state index is 11.6. The lowest BCUT2D eigenvalue weighted by Gasteiger charge is -2.34. The Kier molecular flexibility index (Phi) is 7.35. The summed E-state index contributed by atoms with van der Waals surface area (Å²) in [4.78, 5) is 22.9. The third-order valence-electron chi connectivity index (χ3n) is 5.75. The Balaban J connectivity index is 1.49. The zero-order chi connectivity index (χ0) is 24.1. The molecule has 176 valence electrons. The molecule has 34 heavy (non-hydrogen) atoms. The van der Waals surface area contributed by atoms with E-state index in [0.29, 0.717) is 22.3 Å². The number of hydrogen-bond donors (Lipinski definition) is 1. The second-order valence-corrected chi connectivity index (χ2v) is 8.55. The van der Waals surface area contributed by atoms with Crippen LogP contribution in [0.15, 0.2) is 73.3 Å². The van der Waals surface area contributed by atoms with Gasteiger partial charge in [-0.2, -0.15) is 4.98 Å². The summed E-state index contributed by atoms with van der Waals surface area (Å²) in [5, 5.41) is 3.10. The van der Waals surface area contributed by atoms with E-state index in [0.717, 1.165) is 31.9 Å². The predicted octanol–water partition coefficient (Wildman–Crippen LogP) is 5.17. The number of rotatable bonds is 7. The predicted molar refractivity (Wildman–Crippen MR) is 139 cm³/mol. The van der Waals surface area contributed by atoms with Crippen LogP contribution in [0.1, 0.15) is 0 Å². The summed E-state index contributed by atoms with van der Waals surface area (Å²) in [6.45, 7) is 7.67. The van der Waals surface area contributed by atoms with E-state index < -0.39 is 0 Å². The summed E-state index contributed by atoms with van der Waals surface area (Å²) in [6.07, 6.45) is 1.21. The fourth-order valence-electron chi connectivity index (χ4n) is 3.70. The van der Waals surface area contributed by atoms with Crippen LogP contribution in [0.4, 0.5) is 22.9 Å². The van der Waals surface area contributed by atoms with Gasteiger partial charge in [-0.25, -0.2) is 0 Å². The van der Waals surface area contributed by atoms with Crippen LogP contribution in [-0.4, -0.2) is 56.1 Å². The van der Waals surface area contributed by atoms with Gasteiger partial charge in [-0.3, -0.25) is 4.79 Å². The van der Waals surface area contributed by atoms with Crippen LogP contribution in [0, 0.1) is 0 Å². The number of ether oxygens (including phenoxy) is 1. The van der Waals surface area contributed by atoms with Gasteiger partial charge >= 0.3 is 0 Å². The number of pyridine rings is 1. The van der Waals surface area contributed by atoms with Gasteiger partial charge in [-0.15, -0.1) is 0 Å². The van der Waals surface area contributed by atoms with E-state index in [2.05, 4.69) is 58.0 Å². The van der Waals surface area contributed by atoms with Crippen LogP contribution >= 0.6 is 11.6 Å². The van der Waals surface area contributed by atoms with Gasteiger partial charge in [-0.05, 0) is 61.7 Å². The van der Waals surface area contributed by atoms with Gasteiger partial charge in [0.2, 0.25) is 11.8 Å². The van der Waals surface area contributed by atoms with Crippen molar-refractivity contribution < 1.29 is 9.53 Å². The van der Waals surface area contributed by atoms with Crippen molar-refractivity contribution in [3.8, 4) is 11.6 Å². The Morgan fingerprint density at radius 2 is 1.85 bits per heavy atom. The first-order chi connectivity index (χ1) is 16.4. The molecule has 0 radical (unpaired) electrons. The van der Waals surface area contributed by atoms with Crippen molar-refractivity contribution in [3.05, 3.63) is 78.3 Å². The quantitative estimate of drug-likeness (QED) is 0.473. The number of halogens is 1. The van der Waals surface area contributed by atoms with Crippen molar-refractivity contribution in [3.63, 3.8) is 0 Å². The molecule has 2 heterocycles. The van der Waals surface area contributed by atoms with Gasteiger partial charge in [0.25, 0.3) is 0 Å². The number of nitrogens with one attached hydrogen (secondary N) is 1. The molecule has 0 aliphatic carbocycles. The number of piperazine rings is 1. The topological polar surface area (TPSA) is 60.9 Å². The molecule has 1 amide bonds. The molecule has 1 saturated heterocycles. The summed E-state index contributed by atoms with van der Waals surface area (Å²) in [6, 6.07) is 19.1. The van der Waals surface area contributed by atoms with E-state index in [1.165, 1.54) is 11.8 Å². The SMILES string of the molecule is C=CC(=O)Nc1cccc(Oc2nc(N(C)c3ccc(N4CCN(C)CC4)cc3)ccc2Cl)c1. The lowest BCUT2D eigenvalue weighted by Crippen LogP contribution is -2.44. The first-order valence-corrected chi connectivity index (χ1v) is 11.5. The Hall–Kier alpha value is -3.55. The number of anilines is 4. The Morgan fingerprint density at radius 1 is 1.12 bits per heavy atom. The lowest BCUT2D eigenvalue weighted by molar-refractivity contribution is -0.111. The fourth-order valence-corrected chi connectivity index (χ4v) is 3.84. The van der Waals surface area contributed by atoms with Crippen LogP contribution in [0.3, 0.4) is 0 Å². The first-order valence-electron chi connectivity index (χ1n) is 11.1. The maximum Gasteiger partial charge on any atom is 0.247 e. The van der Waals surface area contributed by atoms with Crippen molar-refractivity contribution in [2.75, 3.05) is 55.4 Å². The van der Waals surface area contributed by atoms with E-state index in [1.807, 2.05) is 18.0 Å². The molecule has 1 aliphatic rings. The minimum absolute atomic E-state index is 0.285. The highest BCUT2D eigenvalue weighted by atomic mass is 35.5. The van der Waals surface area contributed by atoms with E-state index in [9.17, 15) is 4.79 Å². The summed E-state index contributed by atoms with van der Waals surface area (Å²) in [5.41, 5.74) is 2.82. The van der Waals surface area contributed by atoms with E-state index in [-0.39, 0.29) is 11.8 Å². The van der Waals surface area contributed by atoms with Crippen LogP contribution in [0.25, 0.3) is 0 Å². The molecule has 0 saturated carbocycles. The van der Waals surface area contributed by atoms with Crippen molar-refractivity contribution in [1.82, 2.24) is 9.88 Å². The molecular formula is C26H28ClN5O2. The maximum atomic E-state index is 11.6. The van der Waals surface area contributed by atoms with Crippen molar-refractivity contribution in [2.45, 2.75) is 0 Å². The van der Waals surface area contributed by atoms with E-state index in [4.69, 9.17) is 16.3 Å². The average molecular weight is 478 g/mol. The van der Waals surface area contributed by atoms with Crippen LogP contribution in [0.5, 0.6) is 11.6 Å². The number of hydrogen-bond acceptors (Lipinski definition) is 6. The highest BCUT2D eigenvalue weighted by Crippen LogP contribution is 2.33. The number of benzene rings is 2. The average Bonchev–Trinajstić information content (AvgIpc) is 2.86. The normalized spacial score (nSPS) is 13.9. The molecular weight excluding hydrogens is 450 g/mol. The molecule has 1 fully saturated rings. The summed E-state index contributed by atoms with van der Waals surface area (Å²) in [7, 11) is 4.11. The molecule has 8 heteroatoms. The number of amides is 1. The van der Waals surface area contributed by atoms with Crippen molar-refractivity contribution in [2.24, 2.45) is 0 Å². The van der Waals surface area contributed by atoms with Crippen LogP contribution in [0.2, 0.25) is 5.02 Å². The number of carbonyl (C=O) groups is 1. The Bertz CT molecular complexity index is 1160. The Labute approximate surface area is 205 Å². The molecule has 2 aromatic carbocycles. The highest BCUT2D eigenvalue weighted by Gasteiger charge is 2.15. The van der Waals surface area contributed by atoms with Gasteiger partial charge in [0.05, 0.1) is 0 Å². The standard InChI is InChI=1S/C26H28ClN5O2/c1-4-25(33)28-19-6-5-7-22(18-19)34-26-23(27)12-13-24(29-26)31(3)20-8-10-21(11-9-20)32-16-14-30(2)15-17-32/h4-13,18H,1,14-17H2,2-3H3,(H,28,33). The molecule has 3 aromatic rings. The van der Waals surface area contributed by atoms with Crippen LogP contribution < -0.4 is 19.9 Å². The number of aromatic nitrogens is 1. The van der Waals surface area contributed by atoms with Gasteiger partial charge in [0, 0.05) is 56.4 Å². The molecule has 0 spiro atoms. The van der Waals surface area contributed by atoms with Gasteiger partial charge in [-0.1, -0.05) is 24.2 Å². The van der Waals surface area contributed by atoms with Crippen molar-refractivity contribution >= 4 is 40.4 Å². The number of nitrogens with zero attached hydrogens (tertiary/aromatic N) is 4. The minimum atomic E-state index is -0.296. The summed E-state index contributed by atoms with van der Waals surface area (Å²) >= 11 is 6.36. The van der Waals surface area contributed by atoms with Crippen molar-refractivity contribution in [1.29, 1.82) is 0 Å². The monoisotopic (exact) mass is 477 g/mol. The molecule has 7 nitrogen and oxygen atoms in total. The third-order valence-corrected chi connectivity index (χ3v) is 6.04. The van der Waals surface area contributed by atoms with Gasteiger partial charge in [0.15, 0.2) is 0 Å². The van der Waals surface area contributed by atoms with Gasteiger partial charge in [0.1, 0.15) is 16.6 Å². The molecule has 0 unspecified atom stereocenters. The molecule has 0 atom stereocenters. The second-order valence-electron chi connectivity index (χ2n) is 8.15. The molecule has 1 N–H and O–H groups in total. The molecule has 4 rings (SSSR count). The van der Waals surface area contributed by atoms with E-state index in [1.54, 1.807) is 30.3 Å². The Morgan fingerprint density at radius 3 is 2.56 bits per heavy atom. The fraction of sp³-hybridized carbons (Fsp3) is 0.231. The first kappa shape index (κ1) is 23.6. The summed E-state index contributed by atoms with van der Waals surface area (Å²) in [5.74, 6) is 1.19. The third kappa shape index (κ3) is 5.68. The summed E-state index contributed by atoms with van der Waals surface area (Å²) < 4.78 is 5.94.